The van der Waals surface area contributed by atoms with Gasteiger partial charge in [-0.3, -0.25) is 9.59 Å². The van der Waals surface area contributed by atoms with Crippen LogP contribution < -0.4 is 20.1 Å². The number of hydrogen-bond donors (Lipinski definition) is 2. The van der Waals surface area contributed by atoms with Gasteiger partial charge in [-0.25, -0.2) is 14.6 Å². The number of hydrogen-bond acceptors (Lipinski definition) is 9. The molecule has 1 aliphatic carbocycles. The predicted octanol–water partition coefficient (Wildman–Crippen LogP) is 4.94. The summed E-state index contributed by atoms with van der Waals surface area (Å²) in [6.45, 7) is 7.19. The first-order valence-electron chi connectivity index (χ1n) is 17.1. The van der Waals surface area contributed by atoms with Gasteiger partial charge in [0.15, 0.2) is 0 Å². The number of allylic oxidation sites excluding steroid dienone is 1. The van der Waals surface area contributed by atoms with Gasteiger partial charge in [0.05, 0.1) is 31.5 Å². The van der Waals surface area contributed by atoms with E-state index in [4.69, 9.17) is 23.9 Å². The van der Waals surface area contributed by atoms with E-state index in [1.54, 1.807) is 34.8 Å². The number of pyridine rings is 1. The van der Waals surface area contributed by atoms with Gasteiger partial charge in [0.1, 0.15) is 40.8 Å². The number of alkyl carbamates (subject to hydrolysis) is 1. The van der Waals surface area contributed by atoms with Crippen LogP contribution in [0.4, 0.5) is 4.79 Å². The number of rotatable bonds is 7. The highest BCUT2D eigenvalue weighted by atomic mass is 16.6. The minimum Gasteiger partial charge on any atom is -0.497 e. The summed E-state index contributed by atoms with van der Waals surface area (Å²) in [6.07, 6.45) is 3.67. The van der Waals surface area contributed by atoms with Gasteiger partial charge in [0.25, 0.3) is 0 Å². The number of nitrogens with one attached hydrogen (secondary N) is 2. The lowest BCUT2D eigenvalue weighted by Crippen LogP contribution is -2.57. The van der Waals surface area contributed by atoms with Crippen LogP contribution in [0.1, 0.15) is 53.4 Å². The summed E-state index contributed by atoms with van der Waals surface area (Å²) in [5.74, 6) is -0.510. The molecule has 2 aliphatic heterocycles. The summed E-state index contributed by atoms with van der Waals surface area (Å²) in [7, 11) is 1.59. The van der Waals surface area contributed by atoms with Crippen molar-refractivity contribution in [1.82, 2.24) is 20.5 Å². The second-order valence-electron chi connectivity index (χ2n) is 13.9. The number of ether oxygens (including phenoxy) is 4. The van der Waals surface area contributed by atoms with Crippen molar-refractivity contribution in [2.75, 3.05) is 20.3 Å². The number of fused-ring (bicyclic) bond motifs is 3. The Morgan fingerprint density at radius 2 is 1.88 bits per heavy atom. The summed E-state index contributed by atoms with van der Waals surface area (Å²) in [5.41, 5.74) is 0.261. The van der Waals surface area contributed by atoms with Crippen LogP contribution in [0, 0.1) is 5.92 Å². The molecule has 5 atom stereocenters. The molecule has 0 spiro atoms. The Bertz CT molecular complexity index is 1810. The van der Waals surface area contributed by atoms with E-state index in [1.165, 1.54) is 4.90 Å². The molecule has 0 bridgehead atoms. The van der Waals surface area contributed by atoms with Gasteiger partial charge in [-0.2, -0.15) is 0 Å². The normalized spacial score (nSPS) is 24.9. The molecule has 3 heterocycles. The summed E-state index contributed by atoms with van der Waals surface area (Å²) in [6, 6.07) is 15.1. The first kappa shape index (κ1) is 34.7. The number of esters is 1. The number of nitrogens with zero attached hydrogens (tertiary/aromatic N) is 2. The summed E-state index contributed by atoms with van der Waals surface area (Å²) in [5, 5.41) is 6.43. The van der Waals surface area contributed by atoms with Crippen molar-refractivity contribution < 1.29 is 38.1 Å². The molecule has 50 heavy (non-hydrogen) atoms. The molecular weight excluding hydrogens is 640 g/mol. The minimum atomic E-state index is -1.20. The maximum absolute atomic E-state index is 14.3. The quantitative estimate of drug-likeness (QED) is 0.261. The number of benzene rings is 2. The van der Waals surface area contributed by atoms with Gasteiger partial charge in [0.2, 0.25) is 11.8 Å². The lowest BCUT2D eigenvalue weighted by Gasteiger charge is -2.30. The van der Waals surface area contributed by atoms with Crippen LogP contribution in [0.25, 0.3) is 22.2 Å². The lowest BCUT2D eigenvalue weighted by atomic mass is 10.1. The molecule has 3 amide bonds. The van der Waals surface area contributed by atoms with Gasteiger partial charge in [0, 0.05) is 35.4 Å². The van der Waals surface area contributed by atoms with Crippen LogP contribution in [0.15, 0.2) is 66.7 Å². The van der Waals surface area contributed by atoms with Gasteiger partial charge in [-0.1, -0.05) is 42.5 Å². The second-order valence-corrected chi connectivity index (χ2v) is 13.9. The molecule has 3 aromatic rings. The highest BCUT2D eigenvalue weighted by Gasteiger charge is 2.62. The lowest BCUT2D eigenvalue weighted by molar-refractivity contribution is -0.150. The fraction of sp³-hybridized carbons (Fsp3) is 0.447. The fourth-order valence-corrected chi connectivity index (χ4v) is 6.66. The highest BCUT2D eigenvalue weighted by Crippen LogP contribution is 2.46. The van der Waals surface area contributed by atoms with Crippen LogP contribution in [0.5, 0.6) is 11.5 Å². The third-order valence-corrected chi connectivity index (χ3v) is 9.17. The summed E-state index contributed by atoms with van der Waals surface area (Å²) >= 11 is 0. The molecular formula is C38H44N4O8. The first-order chi connectivity index (χ1) is 23.9. The molecule has 12 heteroatoms. The van der Waals surface area contributed by atoms with Crippen molar-refractivity contribution in [3.05, 3.63) is 66.7 Å². The number of methoxy groups -OCH3 is 1. The molecule has 1 saturated carbocycles. The standard InChI is InChI=1S/C38H44N4O8/c1-6-48-35(45)38-21-24(38)14-10-11-15-28(40-36(46)50-37(2,3)4)34(44)42-22-26(19-31(42)33(43)41-38)49-32-20-29(23-12-8-7-9-13-23)39-30-18-25(47-5)16-17-27(30)32/h7-10,12-14,16-18,20,24,26,28,31H,6,11,15,19,21-22H2,1-5H3,(H,40,46)(H,41,43)/t24-,26-,28+,31+,38-/m1/s1. The average molecular weight is 685 g/mol. The van der Waals surface area contributed by atoms with Crippen molar-refractivity contribution in [2.24, 2.45) is 5.92 Å². The van der Waals surface area contributed by atoms with Crippen LogP contribution in [-0.2, 0) is 23.9 Å². The topological polar surface area (TPSA) is 145 Å². The predicted molar refractivity (Wildman–Crippen MR) is 185 cm³/mol. The molecule has 1 saturated heterocycles. The van der Waals surface area contributed by atoms with E-state index < -0.39 is 53.2 Å². The Kier molecular flexibility index (Phi) is 9.73. The van der Waals surface area contributed by atoms with Crippen molar-refractivity contribution >= 4 is 34.8 Å². The molecule has 2 N–H and O–H groups in total. The van der Waals surface area contributed by atoms with Crippen LogP contribution >= 0.6 is 0 Å². The van der Waals surface area contributed by atoms with Crippen molar-refractivity contribution in [3.63, 3.8) is 0 Å². The van der Waals surface area contributed by atoms with E-state index in [0.717, 1.165) is 10.9 Å². The molecule has 1 aromatic heterocycles. The number of aromatic nitrogens is 1. The Morgan fingerprint density at radius 1 is 1.10 bits per heavy atom. The molecule has 6 rings (SSSR count). The summed E-state index contributed by atoms with van der Waals surface area (Å²) < 4.78 is 23.0. The maximum atomic E-state index is 14.3. The van der Waals surface area contributed by atoms with Crippen molar-refractivity contribution in [2.45, 2.75) is 82.7 Å². The molecule has 264 valence electrons. The molecule has 2 fully saturated rings. The zero-order chi connectivity index (χ0) is 35.6. The first-order valence-corrected chi connectivity index (χ1v) is 17.1. The smallest absolute Gasteiger partial charge is 0.408 e. The Labute approximate surface area is 291 Å². The third-order valence-electron chi connectivity index (χ3n) is 9.17. The van der Waals surface area contributed by atoms with Gasteiger partial charge in [-0.15, -0.1) is 0 Å². The van der Waals surface area contributed by atoms with E-state index in [1.807, 2.05) is 66.7 Å². The molecule has 3 aliphatic rings. The average Bonchev–Trinajstić information content (AvgIpc) is 3.61. The zero-order valence-electron chi connectivity index (χ0n) is 29.1. The molecule has 0 radical (unpaired) electrons. The van der Waals surface area contributed by atoms with Gasteiger partial charge >= 0.3 is 12.1 Å². The number of carbonyl (C=O) groups is 4. The number of carbonyl (C=O) groups excluding carboxylic acids is 4. The zero-order valence-corrected chi connectivity index (χ0v) is 29.1. The minimum absolute atomic E-state index is 0.0652. The third kappa shape index (κ3) is 7.39. The molecule has 12 nitrogen and oxygen atoms in total. The van der Waals surface area contributed by atoms with E-state index in [-0.39, 0.29) is 31.9 Å². The van der Waals surface area contributed by atoms with Gasteiger partial charge < -0.3 is 34.5 Å². The Balaban J connectivity index is 1.34. The molecule has 2 aromatic carbocycles. The Morgan fingerprint density at radius 3 is 2.60 bits per heavy atom. The van der Waals surface area contributed by atoms with E-state index >= 15 is 0 Å². The van der Waals surface area contributed by atoms with E-state index in [9.17, 15) is 19.2 Å². The van der Waals surface area contributed by atoms with Crippen molar-refractivity contribution in [3.8, 4) is 22.8 Å². The second kappa shape index (κ2) is 14.0. The van der Waals surface area contributed by atoms with E-state index in [2.05, 4.69) is 10.6 Å². The maximum Gasteiger partial charge on any atom is 0.408 e. The van der Waals surface area contributed by atoms with Crippen molar-refractivity contribution in [1.29, 1.82) is 0 Å². The summed E-state index contributed by atoms with van der Waals surface area (Å²) in [4.78, 5) is 60.8. The highest BCUT2D eigenvalue weighted by molar-refractivity contribution is 5.97. The fourth-order valence-electron chi connectivity index (χ4n) is 6.66. The number of amides is 3. The van der Waals surface area contributed by atoms with Gasteiger partial charge in [-0.05, 0) is 59.1 Å². The SMILES string of the molecule is CCOC(=O)[C@@]12C[C@H]1C=CCC[C@H](NC(=O)OC(C)(C)C)C(=O)N1C[C@H](Oc3cc(-c4ccccc4)nc4cc(OC)ccc34)C[C@H]1C(=O)N2. The van der Waals surface area contributed by atoms with Crippen LogP contribution in [0.2, 0.25) is 0 Å². The molecule has 0 unspecified atom stereocenters. The largest absolute Gasteiger partial charge is 0.497 e. The monoisotopic (exact) mass is 684 g/mol. The Hall–Kier alpha value is -5.13. The van der Waals surface area contributed by atoms with Crippen LogP contribution in [0.3, 0.4) is 0 Å². The van der Waals surface area contributed by atoms with E-state index in [0.29, 0.717) is 35.6 Å². The van der Waals surface area contributed by atoms with Crippen LogP contribution in [-0.4, -0.2) is 83.3 Å².